The molecule has 0 aromatic carbocycles. The van der Waals surface area contributed by atoms with Gasteiger partial charge in [0, 0.05) is 0 Å². The fraction of sp³-hybridized carbons (Fsp3) is 0. The highest BCUT2D eigenvalue weighted by Crippen LogP contribution is 2.35. The van der Waals surface area contributed by atoms with Gasteiger partial charge in [0.15, 0.2) is 5.13 Å². The average Bonchev–Trinajstić information content (AvgIpc) is 2.71. The van der Waals surface area contributed by atoms with Crippen LogP contribution in [0.4, 0.5) is 5.13 Å². The molecule has 0 unspecified atom stereocenters. The second kappa shape index (κ2) is 3.80. The van der Waals surface area contributed by atoms with E-state index < -0.39 is 5.97 Å². The van der Waals surface area contributed by atoms with Crippen molar-refractivity contribution in [2.75, 3.05) is 5.73 Å². The summed E-state index contributed by atoms with van der Waals surface area (Å²) in [5.74, 6) is -1.02. The topological polar surface area (TPSA) is 76.2 Å². The number of hydrogen-bond donors (Lipinski definition) is 2. The molecule has 0 atom stereocenters. The summed E-state index contributed by atoms with van der Waals surface area (Å²) in [4.78, 5) is 15.7. The van der Waals surface area contributed by atoms with E-state index in [1.807, 2.05) is 0 Å². The lowest BCUT2D eigenvalue weighted by Gasteiger charge is -1.92. The number of thiazole rings is 1. The first-order valence-electron chi connectivity index (χ1n) is 3.83. The van der Waals surface area contributed by atoms with Crippen LogP contribution in [0.25, 0.3) is 10.6 Å². The van der Waals surface area contributed by atoms with Crippen LogP contribution in [-0.2, 0) is 0 Å². The minimum atomic E-state index is -1.02. The van der Waals surface area contributed by atoms with E-state index in [0.29, 0.717) is 14.9 Å². The molecule has 2 heterocycles. The molecule has 7 heteroatoms. The number of carbonyl (C=O) groups is 1. The second-order valence-corrected chi connectivity index (χ2v) is 5.38. The molecule has 78 valence electrons. The lowest BCUT2D eigenvalue weighted by molar-refractivity contribution is 0.0703. The molecule has 0 bridgehead atoms. The summed E-state index contributed by atoms with van der Waals surface area (Å²) in [5, 5.41) is 9.18. The first kappa shape index (κ1) is 10.4. The van der Waals surface area contributed by atoms with Gasteiger partial charge in [-0.25, -0.2) is 9.78 Å². The molecule has 4 nitrogen and oxygen atoms in total. The van der Waals surface area contributed by atoms with E-state index in [-0.39, 0.29) is 10.0 Å². The van der Waals surface area contributed by atoms with Crippen LogP contribution in [0.3, 0.4) is 0 Å². The molecule has 0 aliphatic carbocycles. The number of nitrogen functional groups attached to an aromatic ring is 1. The molecule has 0 amide bonds. The number of carboxylic acids is 1. The Balaban J connectivity index is 2.56. The molecule has 0 saturated heterocycles. The van der Waals surface area contributed by atoms with Crippen LogP contribution < -0.4 is 5.73 Å². The minimum absolute atomic E-state index is 0.144. The van der Waals surface area contributed by atoms with E-state index in [4.69, 9.17) is 22.4 Å². The summed E-state index contributed by atoms with van der Waals surface area (Å²) >= 11 is 8.00. The van der Waals surface area contributed by atoms with Gasteiger partial charge in [-0.1, -0.05) is 22.9 Å². The van der Waals surface area contributed by atoms with Crippen molar-refractivity contribution < 1.29 is 9.90 Å². The van der Waals surface area contributed by atoms with Gasteiger partial charge in [0.2, 0.25) is 0 Å². The Hall–Kier alpha value is -1.11. The number of nitrogens with two attached hydrogens (primary N) is 1. The van der Waals surface area contributed by atoms with Crippen molar-refractivity contribution in [3.05, 3.63) is 21.3 Å². The van der Waals surface area contributed by atoms with Gasteiger partial charge in [0.1, 0.15) is 10.6 Å². The van der Waals surface area contributed by atoms with Gasteiger partial charge >= 0.3 is 5.97 Å². The third-order valence-electron chi connectivity index (χ3n) is 1.64. The monoisotopic (exact) mass is 260 g/mol. The molecule has 15 heavy (non-hydrogen) atoms. The Morgan fingerprint density at radius 3 is 2.73 bits per heavy atom. The molecule has 3 N–H and O–H groups in total. The molecule has 2 aromatic heterocycles. The molecule has 0 aliphatic heterocycles. The van der Waals surface area contributed by atoms with Crippen LogP contribution >= 0.6 is 34.3 Å². The van der Waals surface area contributed by atoms with Gasteiger partial charge in [-0.05, 0) is 12.1 Å². The van der Waals surface area contributed by atoms with Gasteiger partial charge in [-0.3, -0.25) is 0 Å². The van der Waals surface area contributed by atoms with Gasteiger partial charge in [0.05, 0.1) is 9.21 Å². The summed E-state index contributed by atoms with van der Waals surface area (Å²) < 4.78 is 0.591. The SMILES string of the molecule is Nc1nc(-c2ccc(Cl)s2)c(C(=O)O)s1. The number of aromatic carboxylic acids is 1. The lowest BCUT2D eigenvalue weighted by atomic mass is 10.3. The number of anilines is 1. The predicted molar refractivity (Wildman–Crippen MR) is 61.8 cm³/mol. The Kier molecular flexibility index (Phi) is 2.64. The molecule has 0 fully saturated rings. The first-order chi connectivity index (χ1) is 7.08. The Morgan fingerprint density at radius 1 is 1.47 bits per heavy atom. The van der Waals surface area contributed by atoms with E-state index in [0.717, 1.165) is 11.3 Å². The van der Waals surface area contributed by atoms with E-state index in [1.54, 1.807) is 12.1 Å². The summed E-state index contributed by atoms with van der Waals surface area (Å²) in [6.07, 6.45) is 0. The molecule has 2 aromatic rings. The number of rotatable bonds is 2. The van der Waals surface area contributed by atoms with Crippen molar-refractivity contribution in [2.45, 2.75) is 0 Å². The van der Waals surface area contributed by atoms with Gasteiger partial charge < -0.3 is 10.8 Å². The van der Waals surface area contributed by atoms with Crippen LogP contribution in [-0.4, -0.2) is 16.1 Å². The molecule has 0 spiro atoms. The number of aromatic nitrogens is 1. The van der Waals surface area contributed by atoms with Crippen molar-refractivity contribution in [1.29, 1.82) is 0 Å². The maximum atomic E-state index is 10.9. The van der Waals surface area contributed by atoms with Gasteiger partial charge in [-0.2, -0.15) is 0 Å². The zero-order chi connectivity index (χ0) is 11.0. The van der Waals surface area contributed by atoms with Crippen LogP contribution in [0.2, 0.25) is 4.34 Å². The van der Waals surface area contributed by atoms with Gasteiger partial charge in [-0.15, -0.1) is 11.3 Å². The number of hydrogen-bond acceptors (Lipinski definition) is 5. The normalized spacial score (nSPS) is 10.5. The minimum Gasteiger partial charge on any atom is -0.477 e. The number of halogens is 1. The molecule has 0 saturated carbocycles. The lowest BCUT2D eigenvalue weighted by Crippen LogP contribution is -1.94. The predicted octanol–water partition coefficient (Wildman–Crippen LogP) is 2.81. The number of carboxylic acid groups (broad SMARTS) is 1. The molecular weight excluding hydrogens is 256 g/mol. The second-order valence-electron chi connectivity index (χ2n) is 2.64. The fourth-order valence-electron chi connectivity index (χ4n) is 1.09. The molecule has 0 radical (unpaired) electrons. The average molecular weight is 261 g/mol. The third-order valence-corrected chi connectivity index (χ3v) is 3.75. The van der Waals surface area contributed by atoms with E-state index in [9.17, 15) is 4.79 Å². The van der Waals surface area contributed by atoms with E-state index >= 15 is 0 Å². The summed E-state index contributed by atoms with van der Waals surface area (Å²) in [6.45, 7) is 0. The largest absolute Gasteiger partial charge is 0.477 e. The van der Waals surface area contributed by atoms with Crippen LogP contribution in [0, 0.1) is 0 Å². The van der Waals surface area contributed by atoms with E-state index in [1.165, 1.54) is 11.3 Å². The highest BCUT2D eigenvalue weighted by molar-refractivity contribution is 7.21. The zero-order valence-electron chi connectivity index (χ0n) is 7.23. The van der Waals surface area contributed by atoms with Crippen LogP contribution in [0.1, 0.15) is 9.67 Å². The molecular formula is C8H5ClN2O2S2. The Bertz CT molecular complexity index is 520. The zero-order valence-corrected chi connectivity index (χ0v) is 9.62. The Morgan fingerprint density at radius 2 is 2.20 bits per heavy atom. The fourth-order valence-corrected chi connectivity index (χ4v) is 2.88. The number of thiophene rings is 1. The van der Waals surface area contributed by atoms with Crippen molar-refractivity contribution in [1.82, 2.24) is 4.98 Å². The van der Waals surface area contributed by atoms with Crippen molar-refractivity contribution >= 4 is 45.4 Å². The summed E-state index contributed by atoms with van der Waals surface area (Å²) in [6, 6.07) is 3.43. The van der Waals surface area contributed by atoms with Crippen molar-refractivity contribution in [3.63, 3.8) is 0 Å². The van der Waals surface area contributed by atoms with Crippen molar-refractivity contribution in [2.24, 2.45) is 0 Å². The number of nitrogens with zero attached hydrogens (tertiary/aromatic N) is 1. The smallest absolute Gasteiger partial charge is 0.348 e. The summed E-state index contributed by atoms with van der Waals surface area (Å²) in [7, 11) is 0. The highest BCUT2D eigenvalue weighted by atomic mass is 35.5. The van der Waals surface area contributed by atoms with Crippen LogP contribution in [0.15, 0.2) is 12.1 Å². The summed E-state index contributed by atoms with van der Waals surface area (Å²) in [5.41, 5.74) is 5.87. The first-order valence-corrected chi connectivity index (χ1v) is 5.84. The third kappa shape index (κ3) is 1.97. The molecule has 2 rings (SSSR count). The van der Waals surface area contributed by atoms with Gasteiger partial charge in [0.25, 0.3) is 0 Å². The van der Waals surface area contributed by atoms with Crippen molar-refractivity contribution in [3.8, 4) is 10.6 Å². The Labute approximate surface area is 98.0 Å². The molecule has 0 aliphatic rings. The van der Waals surface area contributed by atoms with E-state index in [2.05, 4.69) is 4.98 Å². The highest BCUT2D eigenvalue weighted by Gasteiger charge is 2.18. The maximum Gasteiger partial charge on any atom is 0.348 e. The van der Waals surface area contributed by atoms with Crippen LogP contribution in [0.5, 0.6) is 0 Å². The standard InChI is InChI=1S/C8H5ClN2O2S2/c9-4-2-1-3(14-4)5-6(7(12)13)15-8(10)11-5/h1-2H,(H2,10,11)(H,12,13). The quantitative estimate of drug-likeness (QED) is 0.871. The maximum absolute atomic E-state index is 10.9.